The smallest absolute Gasteiger partial charge is 0.127 e. The highest BCUT2D eigenvalue weighted by atomic mass is 35.5. The molecule has 2 atom stereocenters. The maximum atomic E-state index is 9.87. The molecule has 1 aliphatic carbocycles. The third-order valence-electron chi connectivity index (χ3n) is 4.87. The van der Waals surface area contributed by atoms with Crippen LogP contribution in [0.3, 0.4) is 0 Å². The number of rotatable bonds is 4. The number of hydrogen-bond donors (Lipinski definition) is 2. The van der Waals surface area contributed by atoms with Crippen molar-refractivity contribution in [2.24, 2.45) is 5.92 Å². The highest BCUT2D eigenvalue weighted by molar-refractivity contribution is 6.30. The van der Waals surface area contributed by atoms with Crippen LogP contribution in [0.25, 0.3) is 0 Å². The Morgan fingerprint density at radius 3 is 3.10 bits per heavy atom. The Balaban J connectivity index is 1.75. The lowest BCUT2D eigenvalue weighted by molar-refractivity contribution is 0.0980. The number of aliphatic hydroxyl groups is 1. The Morgan fingerprint density at radius 1 is 1.48 bits per heavy atom. The quantitative estimate of drug-likeness (QED) is 0.896. The van der Waals surface area contributed by atoms with Crippen LogP contribution >= 0.6 is 11.6 Å². The van der Waals surface area contributed by atoms with Gasteiger partial charge in [0.15, 0.2) is 0 Å². The third kappa shape index (κ3) is 3.20. The predicted octanol–water partition coefficient (Wildman–Crippen LogP) is 3.31. The molecule has 3 nitrogen and oxygen atoms in total. The van der Waals surface area contributed by atoms with Crippen molar-refractivity contribution >= 4 is 11.6 Å². The van der Waals surface area contributed by atoms with Gasteiger partial charge in [-0.1, -0.05) is 31.4 Å². The van der Waals surface area contributed by atoms with Crippen molar-refractivity contribution in [3.63, 3.8) is 0 Å². The first-order chi connectivity index (χ1) is 10.1. The standard InChI is InChI=1S/C17H24ClNO2/c1-12-3-2-5-17(9-12,11-20)19-10-14-8-15(18)7-13-4-6-21-16(13)14/h7-8,12,19-20H,2-6,9-11H2,1H3. The average molecular weight is 310 g/mol. The molecule has 1 aliphatic heterocycles. The fourth-order valence-electron chi connectivity index (χ4n) is 3.78. The summed E-state index contributed by atoms with van der Waals surface area (Å²) < 4.78 is 5.75. The highest BCUT2D eigenvalue weighted by Crippen LogP contribution is 2.35. The van der Waals surface area contributed by atoms with Gasteiger partial charge in [0.2, 0.25) is 0 Å². The molecule has 2 N–H and O–H groups in total. The van der Waals surface area contributed by atoms with Crippen molar-refractivity contribution < 1.29 is 9.84 Å². The second-order valence-electron chi connectivity index (χ2n) is 6.65. The van der Waals surface area contributed by atoms with Gasteiger partial charge < -0.3 is 15.2 Å². The van der Waals surface area contributed by atoms with E-state index >= 15 is 0 Å². The van der Waals surface area contributed by atoms with E-state index in [2.05, 4.69) is 12.2 Å². The lowest BCUT2D eigenvalue weighted by atomic mass is 9.76. The van der Waals surface area contributed by atoms with Gasteiger partial charge in [-0.2, -0.15) is 0 Å². The van der Waals surface area contributed by atoms with Crippen molar-refractivity contribution in [2.75, 3.05) is 13.2 Å². The molecule has 1 fully saturated rings. The molecule has 1 aromatic rings. The van der Waals surface area contributed by atoms with Crippen molar-refractivity contribution in [1.29, 1.82) is 0 Å². The summed E-state index contributed by atoms with van der Waals surface area (Å²) in [5, 5.41) is 14.2. The Hall–Kier alpha value is -0.770. The summed E-state index contributed by atoms with van der Waals surface area (Å²) in [5.41, 5.74) is 2.17. The SMILES string of the molecule is CC1CCCC(CO)(NCc2cc(Cl)cc3c2OCC3)C1. The van der Waals surface area contributed by atoms with Gasteiger partial charge in [0.1, 0.15) is 5.75 Å². The minimum Gasteiger partial charge on any atom is -0.493 e. The number of halogens is 1. The molecule has 116 valence electrons. The average Bonchev–Trinajstić information content (AvgIpc) is 2.93. The van der Waals surface area contributed by atoms with Gasteiger partial charge in [-0.05, 0) is 36.5 Å². The molecule has 2 aliphatic rings. The Bertz CT molecular complexity index is 520. The van der Waals surface area contributed by atoms with Gasteiger partial charge in [-0.25, -0.2) is 0 Å². The van der Waals surface area contributed by atoms with Crippen LogP contribution in [0.2, 0.25) is 5.02 Å². The molecule has 0 spiro atoms. The van der Waals surface area contributed by atoms with E-state index in [9.17, 15) is 5.11 Å². The topological polar surface area (TPSA) is 41.5 Å². The van der Waals surface area contributed by atoms with E-state index in [1.165, 1.54) is 18.4 Å². The maximum absolute atomic E-state index is 9.87. The molecule has 4 heteroatoms. The monoisotopic (exact) mass is 309 g/mol. The molecule has 0 bridgehead atoms. The molecular weight excluding hydrogens is 286 g/mol. The van der Waals surface area contributed by atoms with E-state index in [1.54, 1.807) is 0 Å². The Morgan fingerprint density at radius 2 is 2.33 bits per heavy atom. The molecule has 0 radical (unpaired) electrons. The predicted molar refractivity (Wildman–Crippen MR) is 84.9 cm³/mol. The van der Waals surface area contributed by atoms with Gasteiger partial charge in [-0.15, -0.1) is 0 Å². The van der Waals surface area contributed by atoms with Crippen molar-refractivity contribution in [3.05, 3.63) is 28.3 Å². The normalized spacial score (nSPS) is 28.2. The lowest BCUT2D eigenvalue weighted by Gasteiger charge is -2.39. The number of fused-ring (bicyclic) bond motifs is 1. The fourth-order valence-corrected chi connectivity index (χ4v) is 4.04. The Kier molecular flexibility index (Phi) is 4.43. The molecule has 1 saturated carbocycles. The zero-order valence-electron chi connectivity index (χ0n) is 12.6. The van der Waals surface area contributed by atoms with E-state index in [0.717, 1.165) is 42.2 Å². The summed E-state index contributed by atoms with van der Waals surface area (Å²) in [7, 11) is 0. The van der Waals surface area contributed by atoms with Crippen molar-refractivity contribution in [2.45, 2.75) is 51.1 Å². The van der Waals surface area contributed by atoms with Gasteiger partial charge in [0.05, 0.1) is 13.2 Å². The molecule has 21 heavy (non-hydrogen) atoms. The summed E-state index contributed by atoms with van der Waals surface area (Å²) in [6.45, 7) is 3.91. The van der Waals surface area contributed by atoms with Crippen molar-refractivity contribution in [1.82, 2.24) is 5.32 Å². The zero-order valence-corrected chi connectivity index (χ0v) is 13.4. The molecule has 1 heterocycles. The zero-order chi connectivity index (χ0) is 14.9. The van der Waals surface area contributed by atoms with E-state index < -0.39 is 0 Å². The van der Waals surface area contributed by atoms with Crippen LogP contribution in [-0.2, 0) is 13.0 Å². The largest absolute Gasteiger partial charge is 0.493 e. The van der Waals surface area contributed by atoms with E-state index in [1.807, 2.05) is 12.1 Å². The van der Waals surface area contributed by atoms with Crippen LogP contribution in [-0.4, -0.2) is 23.9 Å². The first-order valence-electron chi connectivity index (χ1n) is 7.92. The summed E-state index contributed by atoms with van der Waals surface area (Å²) in [4.78, 5) is 0. The molecule has 0 saturated heterocycles. The molecule has 2 unspecified atom stereocenters. The summed E-state index contributed by atoms with van der Waals surface area (Å²) in [5.74, 6) is 1.66. The van der Waals surface area contributed by atoms with E-state index in [4.69, 9.17) is 16.3 Å². The van der Waals surface area contributed by atoms with Crippen LogP contribution in [0, 0.1) is 5.92 Å². The van der Waals surface area contributed by atoms with Crippen LogP contribution in [0.15, 0.2) is 12.1 Å². The summed E-state index contributed by atoms with van der Waals surface area (Å²) >= 11 is 6.21. The van der Waals surface area contributed by atoms with Crippen LogP contribution < -0.4 is 10.1 Å². The molecule has 0 aromatic heterocycles. The summed E-state index contributed by atoms with van der Waals surface area (Å²) in [6, 6.07) is 3.98. The maximum Gasteiger partial charge on any atom is 0.127 e. The first-order valence-corrected chi connectivity index (χ1v) is 8.30. The van der Waals surface area contributed by atoms with Crippen LogP contribution in [0.4, 0.5) is 0 Å². The number of nitrogens with one attached hydrogen (secondary N) is 1. The molecule has 0 amide bonds. The number of benzene rings is 1. The van der Waals surface area contributed by atoms with Crippen molar-refractivity contribution in [3.8, 4) is 5.75 Å². The van der Waals surface area contributed by atoms with Gasteiger partial charge in [-0.3, -0.25) is 0 Å². The second-order valence-corrected chi connectivity index (χ2v) is 7.08. The first kappa shape index (κ1) is 15.1. The van der Waals surface area contributed by atoms with Gasteiger partial charge in [0, 0.05) is 29.1 Å². The minimum absolute atomic E-state index is 0.147. The lowest BCUT2D eigenvalue weighted by Crippen LogP contribution is -2.51. The second kappa shape index (κ2) is 6.15. The summed E-state index contributed by atoms with van der Waals surface area (Å²) in [6.07, 6.45) is 5.45. The van der Waals surface area contributed by atoms with Gasteiger partial charge >= 0.3 is 0 Å². The number of aliphatic hydroxyl groups excluding tert-OH is 1. The molecule has 1 aromatic carbocycles. The number of hydrogen-bond acceptors (Lipinski definition) is 3. The van der Waals surface area contributed by atoms with E-state index in [-0.39, 0.29) is 12.1 Å². The Labute approximate surface area is 131 Å². The minimum atomic E-state index is -0.147. The highest BCUT2D eigenvalue weighted by Gasteiger charge is 2.34. The van der Waals surface area contributed by atoms with Gasteiger partial charge in [0.25, 0.3) is 0 Å². The van der Waals surface area contributed by atoms with E-state index in [0.29, 0.717) is 12.5 Å². The number of ether oxygens (including phenoxy) is 1. The fraction of sp³-hybridized carbons (Fsp3) is 0.647. The molecule has 3 rings (SSSR count). The third-order valence-corrected chi connectivity index (χ3v) is 5.09. The van der Waals surface area contributed by atoms with Crippen LogP contribution in [0.1, 0.15) is 43.7 Å². The molecular formula is C17H24ClNO2. The van der Waals surface area contributed by atoms with Crippen LogP contribution in [0.5, 0.6) is 5.75 Å².